The monoisotopic (exact) mass is 239 g/mol. The molecule has 18 heavy (non-hydrogen) atoms. The van der Waals surface area contributed by atoms with Crippen molar-refractivity contribution in [1.82, 2.24) is 0 Å². The van der Waals surface area contributed by atoms with Gasteiger partial charge in [0.25, 0.3) is 0 Å². The normalized spacial score (nSPS) is 12.3. The minimum absolute atomic E-state index is 0.872. The zero-order valence-corrected chi connectivity index (χ0v) is 10.8. The van der Waals surface area contributed by atoms with Crippen molar-refractivity contribution in [3.8, 4) is 16.9 Å². The molecule has 0 aliphatic carbocycles. The summed E-state index contributed by atoms with van der Waals surface area (Å²) in [7, 11) is 1.71. The first-order valence-electron chi connectivity index (χ1n) is 6.36. The molecule has 2 aromatic rings. The van der Waals surface area contributed by atoms with Crippen LogP contribution in [0, 0.1) is 0 Å². The summed E-state index contributed by atoms with van der Waals surface area (Å²) < 4.78 is 5.29. The van der Waals surface area contributed by atoms with Crippen LogP contribution in [0.4, 0.5) is 5.69 Å². The molecule has 2 aromatic carbocycles. The molecule has 1 aliphatic rings. The number of hydrogen-bond donors (Lipinski definition) is 1. The molecular weight excluding hydrogens is 222 g/mol. The predicted octanol–water partition coefficient (Wildman–Crippen LogP) is 3.85. The van der Waals surface area contributed by atoms with Gasteiger partial charge < -0.3 is 10.1 Å². The Labute approximate surface area is 108 Å². The Morgan fingerprint density at radius 2 is 2.06 bits per heavy atom. The van der Waals surface area contributed by atoms with Crippen molar-refractivity contribution in [3.05, 3.63) is 47.5 Å². The van der Waals surface area contributed by atoms with Crippen LogP contribution in [0.5, 0.6) is 5.75 Å². The summed E-state index contributed by atoms with van der Waals surface area (Å²) in [5.41, 5.74) is 6.60. The molecule has 1 heterocycles. The molecule has 0 aromatic heterocycles. The molecule has 0 saturated heterocycles. The van der Waals surface area contributed by atoms with Crippen LogP contribution in [0.1, 0.15) is 18.1 Å². The van der Waals surface area contributed by atoms with Gasteiger partial charge in [0.1, 0.15) is 5.75 Å². The molecule has 2 nitrogen and oxygen atoms in total. The molecule has 2 heteroatoms. The number of rotatable bonds is 2. The van der Waals surface area contributed by atoms with Crippen LogP contribution in [-0.2, 0) is 13.0 Å². The van der Waals surface area contributed by atoms with Crippen LogP contribution in [0.15, 0.2) is 36.4 Å². The van der Waals surface area contributed by atoms with Gasteiger partial charge in [-0.25, -0.2) is 0 Å². The lowest BCUT2D eigenvalue weighted by Crippen LogP contribution is -2.10. The van der Waals surface area contributed by atoms with E-state index in [1.807, 2.05) is 6.07 Å². The van der Waals surface area contributed by atoms with Gasteiger partial charge in [0.15, 0.2) is 0 Å². The van der Waals surface area contributed by atoms with Crippen LogP contribution in [0.3, 0.4) is 0 Å². The third kappa shape index (κ3) is 1.65. The van der Waals surface area contributed by atoms with E-state index < -0.39 is 0 Å². The van der Waals surface area contributed by atoms with Crippen LogP contribution in [0.25, 0.3) is 11.1 Å². The summed E-state index contributed by atoms with van der Waals surface area (Å²) in [5, 5.41) is 3.53. The van der Waals surface area contributed by atoms with Crippen molar-refractivity contribution in [2.24, 2.45) is 0 Å². The average molecular weight is 239 g/mol. The quantitative estimate of drug-likeness (QED) is 0.859. The van der Waals surface area contributed by atoms with Gasteiger partial charge in [-0.2, -0.15) is 0 Å². The number of nitrogens with one attached hydrogen (secondary N) is 1. The lowest BCUT2D eigenvalue weighted by atomic mass is 9.92. The van der Waals surface area contributed by atoms with E-state index in [2.05, 4.69) is 42.6 Å². The van der Waals surface area contributed by atoms with Crippen molar-refractivity contribution < 1.29 is 4.74 Å². The predicted molar refractivity (Wildman–Crippen MR) is 75.1 cm³/mol. The van der Waals surface area contributed by atoms with E-state index in [4.69, 9.17) is 4.74 Å². The molecule has 0 atom stereocenters. The first-order chi connectivity index (χ1) is 8.83. The fourth-order valence-electron chi connectivity index (χ4n) is 2.62. The van der Waals surface area contributed by atoms with E-state index in [1.165, 1.54) is 27.9 Å². The summed E-state index contributed by atoms with van der Waals surface area (Å²) in [5.74, 6) is 0.922. The van der Waals surface area contributed by atoms with Gasteiger partial charge in [-0.3, -0.25) is 0 Å². The highest BCUT2D eigenvalue weighted by Gasteiger charge is 2.17. The molecule has 1 aliphatic heterocycles. The average Bonchev–Trinajstić information content (AvgIpc) is 2.45. The Morgan fingerprint density at radius 1 is 1.17 bits per heavy atom. The molecule has 0 saturated carbocycles. The van der Waals surface area contributed by atoms with Crippen LogP contribution >= 0.6 is 0 Å². The maximum Gasteiger partial charge on any atom is 0.119 e. The maximum atomic E-state index is 5.29. The largest absolute Gasteiger partial charge is 0.497 e. The minimum Gasteiger partial charge on any atom is -0.497 e. The highest BCUT2D eigenvalue weighted by Crippen LogP contribution is 2.38. The molecule has 0 fully saturated rings. The number of fused-ring (bicyclic) bond motifs is 3. The summed E-state index contributed by atoms with van der Waals surface area (Å²) in [6, 6.07) is 12.8. The third-order valence-corrected chi connectivity index (χ3v) is 3.59. The van der Waals surface area contributed by atoms with Gasteiger partial charge in [-0.1, -0.05) is 31.2 Å². The molecule has 0 amide bonds. The summed E-state index contributed by atoms with van der Waals surface area (Å²) in [6.07, 6.45) is 1.06. The first kappa shape index (κ1) is 11.1. The number of anilines is 1. The van der Waals surface area contributed by atoms with E-state index in [0.717, 1.165) is 18.7 Å². The van der Waals surface area contributed by atoms with Crippen molar-refractivity contribution >= 4 is 5.69 Å². The lowest BCUT2D eigenvalue weighted by molar-refractivity contribution is 0.414. The fraction of sp³-hybridized carbons (Fsp3) is 0.250. The van der Waals surface area contributed by atoms with E-state index in [0.29, 0.717) is 0 Å². The van der Waals surface area contributed by atoms with Crippen molar-refractivity contribution in [2.75, 3.05) is 12.4 Å². The number of ether oxygens (including phenoxy) is 1. The van der Waals surface area contributed by atoms with Gasteiger partial charge in [0.05, 0.1) is 7.11 Å². The SMILES string of the molecule is CCc1cccc2c1NCc1cc(OC)ccc1-2. The van der Waals surface area contributed by atoms with Crippen LogP contribution < -0.4 is 10.1 Å². The van der Waals surface area contributed by atoms with Gasteiger partial charge in [0, 0.05) is 17.8 Å². The van der Waals surface area contributed by atoms with Gasteiger partial charge in [0.2, 0.25) is 0 Å². The van der Waals surface area contributed by atoms with Crippen LogP contribution in [0.2, 0.25) is 0 Å². The second-order valence-corrected chi connectivity index (χ2v) is 4.57. The topological polar surface area (TPSA) is 21.3 Å². The molecular formula is C16H17NO. The number of hydrogen-bond acceptors (Lipinski definition) is 2. The molecule has 0 spiro atoms. The van der Waals surface area contributed by atoms with Crippen molar-refractivity contribution in [2.45, 2.75) is 19.9 Å². The highest BCUT2D eigenvalue weighted by molar-refractivity contribution is 5.85. The third-order valence-electron chi connectivity index (χ3n) is 3.59. The Kier molecular flexibility index (Phi) is 2.71. The Morgan fingerprint density at radius 3 is 2.83 bits per heavy atom. The zero-order valence-electron chi connectivity index (χ0n) is 10.8. The summed E-state index contributed by atoms with van der Waals surface area (Å²) >= 11 is 0. The molecule has 3 rings (SSSR count). The van der Waals surface area contributed by atoms with E-state index in [-0.39, 0.29) is 0 Å². The second-order valence-electron chi connectivity index (χ2n) is 4.57. The minimum atomic E-state index is 0.872. The van der Waals surface area contributed by atoms with Crippen molar-refractivity contribution in [1.29, 1.82) is 0 Å². The number of benzene rings is 2. The molecule has 1 N–H and O–H groups in total. The summed E-state index contributed by atoms with van der Waals surface area (Å²) in [6.45, 7) is 3.07. The van der Waals surface area contributed by atoms with Gasteiger partial charge in [-0.05, 0) is 35.2 Å². The van der Waals surface area contributed by atoms with E-state index in [1.54, 1.807) is 7.11 Å². The summed E-state index contributed by atoms with van der Waals surface area (Å²) in [4.78, 5) is 0. The Hall–Kier alpha value is -1.96. The highest BCUT2D eigenvalue weighted by atomic mass is 16.5. The number of para-hydroxylation sites is 1. The van der Waals surface area contributed by atoms with Gasteiger partial charge in [-0.15, -0.1) is 0 Å². The molecule has 0 unspecified atom stereocenters. The second kappa shape index (κ2) is 4.37. The van der Waals surface area contributed by atoms with Crippen molar-refractivity contribution in [3.63, 3.8) is 0 Å². The molecule has 0 bridgehead atoms. The number of aryl methyl sites for hydroxylation is 1. The number of methoxy groups -OCH3 is 1. The smallest absolute Gasteiger partial charge is 0.119 e. The zero-order chi connectivity index (χ0) is 12.5. The van der Waals surface area contributed by atoms with Crippen LogP contribution in [-0.4, -0.2) is 7.11 Å². The maximum absolute atomic E-state index is 5.29. The lowest BCUT2D eigenvalue weighted by Gasteiger charge is -2.24. The first-order valence-corrected chi connectivity index (χ1v) is 6.36. The Balaban J connectivity index is 2.17. The fourth-order valence-corrected chi connectivity index (χ4v) is 2.62. The van der Waals surface area contributed by atoms with Gasteiger partial charge >= 0.3 is 0 Å². The van der Waals surface area contributed by atoms with E-state index in [9.17, 15) is 0 Å². The van der Waals surface area contributed by atoms with E-state index >= 15 is 0 Å². The molecule has 92 valence electrons. The standard InChI is InChI=1S/C16H17NO/c1-3-11-5-4-6-15-14-8-7-13(18-2)9-12(14)10-17-16(11)15/h4-9,17H,3,10H2,1-2H3. The molecule has 0 radical (unpaired) electrons. The Bertz CT molecular complexity index is 590.